The minimum atomic E-state index is -1.53. The van der Waals surface area contributed by atoms with Gasteiger partial charge in [0.05, 0.1) is 46.5 Å². The summed E-state index contributed by atoms with van der Waals surface area (Å²) >= 11 is 0. The number of hydrogen-bond donors (Lipinski definition) is 4. The van der Waals surface area contributed by atoms with E-state index in [0.717, 1.165) is 112 Å². The predicted molar refractivity (Wildman–Crippen MR) is 492 cm³/mol. The largest absolute Gasteiger partial charge is 0.521 e. The van der Waals surface area contributed by atoms with E-state index < -0.39 is 93.7 Å². The van der Waals surface area contributed by atoms with Crippen molar-refractivity contribution < 1.29 is 173 Å². The quantitative estimate of drug-likeness (QED) is 0.0388. The average Bonchev–Trinajstić information content (AvgIpc) is 0.738. The molecule has 5 heterocycles. The Balaban J connectivity index is 0.000000185. The molecule has 0 fully saturated rings. The monoisotopic (exact) mass is 2590 g/mol. The number of benzene rings is 15. The van der Waals surface area contributed by atoms with Crippen LogP contribution >= 0.6 is 0 Å². The van der Waals surface area contributed by atoms with Gasteiger partial charge in [0.1, 0.15) is 23.3 Å². The van der Waals surface area contributed by atoms with Crippen molar-refractivity contribution >= 4 is 67.0 Å². The minimum Gasteiger partial charge on any atom is -0.521 e. The Labute approximate surface area is 846 Å². The van der Waals surface area contributed by atoms with Crippen LogP contribution in [-0.4, -0.2) is 69.2 Å². The van der Waals surface area contributed by atoms with E-state index in [-0.39, 0.29) is 148 Å². The zero-order chi connectivity index (χ0) is 96.3. The van der Waals surface area contributed by atoms with Crippen LogP contribution in [0.3, 0.4) is 0 Å². The van der Waals surface area contributed by atoms with E-state index in [9.17, 15) is 71.9 Å². The summed E-state index contributed by atoms with van der Waals surface area (Å²) in [6.07, 6.45) is 9.50. The third-order valence-corrected chi connectivity index (χ3v) is 20.0. The zero-order valence-corrected chi connectivity index (χ0v) is 81.2. The predicted octanol–water partition coefficient (Wildman–Crippen LogP) is 27.3. The summed E-state index contributed by atoms with van der Waals surface area (Å²) in [6, 6.07) is 112. The minimum absolute atomic E-state index is 0. The molecule has 0 saturated carbocycles. The third-order valence-electron chi connectivity index (χ3n) is 20.0. The van der Waals surface area contributed by atoms with Crippen molar-refractivity contribution in [3.8, 4) is 89.5 Å². The summed E-state index contributed by atoms with van der Waals surface area (Å²) in [5.41, 5.74) is 7.70. The Hall–Kier alpha value is -15.3. The SMILES string of the molecule is Fc1c[c-]c(-c2cc(-c3cccc4ccccc34)ccn2)c(F)c1F.Fc1c[c-]c(-c2cc(-c3ccccc3)c(-c3ccccc3)cn2)c(F)c1F.Fc1c[c-]c(-c2cc(-c3ccncc3)ccn2)c(F)c1F.Fc1c[c-]c(-c2cc3c4ccccc4c4ccccc4c3cn2)c(F)c1F.O=C(O)c1[c-]cccc1.O=C(O)c1[c-]cccc1.O=C(O)c1[c-]cccc1.O=C(O)c1[c-]cccc1.[Ir].[Ir].[Ir].[Ir]. The van der Waals surface area contributed by atoms with Gasteiger partial charge in [-0.3, -0.25) is 40.1 Å². The van der Waals surface area contributed by atoms with Gasteiger partial charge >= 0.3 is 0 Å². The molecule has 0 aliphatic heterocycles. The first-order valence-electron chi connectivity index (χ1n) is 40.5. The molecule has 0 spiro atoms. The first-order chi connectivity index (χ1) is 65.8. The normalized spacial score (nSPS) is 10.1. The number of rotatable bonds is 12. The van der Waals surface area contributed by atoms with E-state index in [2.05, 4.69) is 73.5 Å². The molecule has 13 nitrogen and oxygen atoms in total. The van der Waals surface area contributed by atoms with Crippen LogP contribution < -0.4 is 0 Å². The Morgan fingerprint density at radius 3 is 0.914 bits per heavy atom. The van der Waals surface area contributed by atoms with Gasteiger partial charge in [0.2, 0.25) is 23.9 Å². The molecule has 0 bridgehead atoms. The fourth-order valence-electron chi connectivity index (χ4n) is 13.5. The molecule has 15 aromatic carbocycles. The van der Waals surface area contributed by atoms with Crippen LogP contribution in [-0.2, 0) is 80.4 Å². The van der Waals surface area contributed by atoms with E-state index >= 15 is 0 Å². The van der Waals surface area contributed by atoms with Crippen LogP contribution in [0.4, 0.5) is 52.7 Å². The van der Waals surface area contributed by atoms with Crippen LogP contribution in [0.1, 0.15) is 41.4 Å². The van der Waals surface area contributed by atoms with E-state index in [1.807, 2.05) is 152 Å². The molecule has 0 unspecified atom stereocenters. The van der Waals surface area contributed by atoms with Crippen molar-refractivity contribution in [2.75, 3.05) is 0 Å². The third kappa shape index (κ3) is 27.4. The molecule has 4 N–H and O–H groups in total. The van der Waals surface area contributed by atoms with E-state index in [0.29, 0.717) is 0 Å². The first-order valence-corrected chi connectivity index (χ1v) is 40.5. The smallest absolute Gasteiger partial charge is 0.247 e. The number of carboxylic acids is 4. The second-order valence-corrected chi connectivity index (χ2v) is 28.6. The van der Waals surface area contributed by atoms with Crippen molar-refractivity contribution in [3.63, 3.8) is 0 Å². The molecular weight excluding hydrogens is 2530 g/mol. The van der Waals surface area contributed by atoms with E-state index in [1.165, 1.54) is 36.7 Å². The molecule has 29 heteroatoms. The van der Waals surface area contributed by atoms with Crippen LogP contribution in [0.15, 0.2) is 359 Å². The number of aromatic nitrogens is 5. The molecule has 708 valence electrons. The van der Waals surface area contributed by atoms with Gasteiger partial charge in [0.15, 0.2) is 0 Å². The summed E-state index contributed by atoms with van der Waals surface area (Å²) in [5.74, 6) is -20.1. The van der Waals surface area contributed by atoms with Crippen LogP contribution in [0.5, 0.6) is 0 Å². The number of halogens is 12. The maximum absolute atomic E-state index is 14.2. The Morgan fingerprint density at radius 1 is 0.229 bits per heavy atom. The van der Waals surface area contributed by atoms with Gasteiger partial charge in [-0.05, 0) is 124 Å². The van der Waals surface area contributed by atoms with Crippen molar-refractivity contribution in [3.05, 3.63) is 499 Å². The summed E-state index contributed by atoms with van der Waals surface area (Å²) in [6.45, 7) is 0. The molecule has 20 rings (SSSR count). The second-order valence-electron chi connectivity index (χ2n) is 28.6. The van der Waals surface area contributed by atoms with Gasteiger partial charge < -0.3 is 59.5 Å². The van der Waals surface area contributed by atoms with E-state index in [1.54, 1.807) is 146 Å². The molecule has 0 saturated heterocycles. The van der Waals surface area contributed by atoms with Gasteiger partial charge in [-0.1, -0.05) is 220 Å². The molecule has 0 amide bonds. The summed E-state index contributed by atoms with van der Waals surface area (Å²) in [7, 11) is 0. The van der Waals surface area contributed by atoms with Crippen LogP contribution in [0, 0.1) is 118 Å². The number of nitrogens with zero attached hydrogens (tertiary/aromatic N) is 5. The summed E-state index contributed by atoms with van der Waals surface area (Å²) in [5, 5.41) is 41.5. The molecule has 20 aromatic rings. The fraction of sp³-hybridized carbons (Fsp3) is 0. The Morgan fingerprint density at radius 2 is 0.536 bits per heavy atom. The summed E-state index contributed by atoms with van der Waals surface area (Å²) in [4.78, 5) is 61.3. The molecule has 5 aromatic heterocycles. The van der Waals surface area contributed by atoms with Gasteiger partial charge in [-0.2, -0.15) is 0 Å². The van der Waals surface area contributed by atoms with Crippen LogP contribution in [0.25, 0.3) is 133 Å². The number of fused-ring (bicyclic) bond motifs is 7. The average molecular weight is 2590 g/mol. The molecule has 0 aliphatic rings. The summed E-state index contributed by atoms with van der Waals surface area (Å²) < 4.78 is 163. The Kier molecular flexibility index (Phi) is 40.5. The Bertz CT molecular complexity index is 7430. The van der Waals surface area contributed by atoms with Gasteiger partial charge in [0.25, 0.3) is 0 Å². The second kappa shape index (κ2) is 52.3. The van der Waals surface area contributed by atoms with Crippen molar-refractivity contribution in [1.29, 1.82) is 0 Å². The zero-order valence-electron chi connectivity index (χ0n) is 71.6. The molecular formula is C111H63F12Ir4N5O8-8. The molecule has 4 radical (unpaired) electrons. The van der Waals surface area contributed by atoms with Crippen molar-refractivity contribution in [2.45, 2.75) is 0 Å². The fourth-order valence-corrected chi connectivity index (χ4v) is 13.5. The maximum Gasteiger partial charge on any atom is 0.247 e. The topological polar surface area (TPSA) is 214 Å². The number of pyridine rings is 5. The molecule has 0 aliphatic carbocycles. The number of carboxylic acid groups (broad SMARTS) is 4. The van der Waals surface area contributed by atoms with Crippen molar-refractivity contribution in [2.24, 2.45) is 0 Å². The number of carbonyl (C=O) groups is 4. The maximum atomic E-state index is 14.2. The van der Waals surface area contributed by atoms with E-state index in [4.69, 9.17) is 20.4 Å². The van der Waals surface area contributed by atoms with Gasteiger partial charge in [0, 0.05) is 129 Å². The van der Waals surface area contributed by atoms with Crippen molar-refractivity contribution in [1.82, 2.24) is 24.9 Å². The number of hydrogen-bond acceptors (Lipinski definition) is 9. The molecule has 140 heavy (non-hydrogen) atoms. The number of aromatic carboxylic acids is 4. The first kappa shape index (κ1) is 108. The van der Waals surface area contributed by atoms with Crippen LogP contribution in [0.2, 0.25) is 0 Å². The van der Waals surface area contributed by atoms with Gasteiger partial charge in [-0.15, -0.1) is 170 Å². The molecule has 0 atom stereocenters. The van der Waals surface area contributed by atoms with Gasteiger partial charge in [-0.25, -0.2) is 17.6 Å². The standard InChI is InChI=1S/C23H11F3N.C23H13F3N.C21H11F3N.C16H8F3N2.4C7H5O2.4Ir/c24-20-10-9-17(22(25)23(20)26)21-11-18-15-7-3-1-5-13(15)14-6-2-4-8-16(14)19(18)12-27-21;24-20-12-11-17(22(25)23(20)26)21-13-18(15-7-3-1-4-8-15)19(14-27-21)16-9-5-2-6-10-16;22-18-9-8-17(20(23)21(18)24)19-12-14(10-11-25-19)16-7-3-5-13-4-1-2-6-15(13)16;17-13-2-1-12(15(18)16(13)19)14-9-11(5-8-21-14)10-3-6-20-7-4-10;4*8-7(9)6-4-2-1-3-5-6;;;;/h1-8,10-12H;1-10,12-14H;1-7,9-12H;2-9H;4*1-4H,(H,8,9);;;;/q8*-1;;;;.